The van der Waals surface area contributed by atoms with E-state index in [1.54, 1.807) is 18.2 Å². The fourth-order valence-electron chi connectivity index (χ4n) is 2.97. The van der Waals surface area contributed by atoms with E-state index < -0.39 is 5.97 Å². The number of carbonyl (C=O) groups excluding carboxylic acids is 1. The Bertz CT molecular complexity index is 972. The molecule has 0 aliphatic rings. The Balaban J connectivity index is 0.00000208. The third-order valence-electron chi connectivity index (χ3n) is 4.02. The molecule has 0 fully saturated rings. The summed E-state index contributed by atoms with van der Waals surface area (Å²) in [5.74, 6) is -0.170. The van der Waals surface area contributed by atoms with Gasteiger partial charge in [-0.25, -0.2) is 0 Å². The first-order valence-corrected chi connectivity index (χ1v) is 7.75. The van der Waals surface area contributed by atoms with Crippen molar-refractivity contribution in [1.29, 1.82) is 0 Å². The molecule has 0 atom stereocenters. The number of ether oxygens (including phenoxy) is 1. The standard InChI is InChI=1S/C19H18O4.Na.H/c1-4-12-9-10-15-17(21)14-7-6-8-16(22-11(3)20)19(14)23-18(15)13(12)5-2;;/h6-10H,4-5H2,1-3H3;;. The van der Waals surface area contributed by atoms with Crippen LogP contribution in [-0.4, -0.2) is 35.5 Å². The van der Waals surface area contributed by atoms with Gasteiger partial charge in [0.25, 0.3) is 0 Å². The Morgan fingerprint density at radius 2 is 1.75 bits per heavy atom. The van der Waals surface area contributed by atoms with Gasteiger partial charge in [-0.2, -0.15) is 0 Å². The van der Waals surface area contributed by atoms with Crippen molar-refractivity contribution in [3.63, 3.8) is 0 Å². The molecule has 0 bridgehead atoms. The van der Waals surface area contributed by atoms with Gasteiger partial charge in [0.15, 0.2) is 11.3 Å². The zero-order valence-corrected chi connectivity index (χ0v) is 13.4. The molecule has 0 amide bonds. The van der Waals surface area contributed by atoms with Gasteiger partial charge in [-0.3, -0.25) is 9.59 Å². The predicted octanol–water partition coefficient (Wildman–Crippen LogP) is 3.35. The maximum absolute atomic E-state index is 12.8. The average Bonchev–Trinajstić information content (AvgIpc) is 2.54. The predicted molar refractivity (Wildman–Crippen MR) is 97.2 cm³/mol. The molecular weight excluding hydrogens is 315 g/mol. The Hall–Kier alpha value is -1.62. The second kappa shape index (κ2) is 7.51. The van der Waals surface area contributed by atoms with Gasteiger partial charge in [0.1, 0.15) is 5.58 Å². The van der Waals surface area contributed by atoms with Crippen molar-refractivity contribution in [2.24, 2.45) is 0 Å². The quantitative estimate of drug-likeness (QED) is 0.319. The molecule has 0 aliphatic carbocycles. The number of aryl methyl sites for hydroxylation is 2. The molecule has 0 aliphatic heterocycles. The van der Waals surface area contributed by atoms with Crippen molar-refractivity contribution in [2.75, 3.05) is 0 Å². The van der Waals surface area contributed by atoms with Crippen LogP contribution in [0.2, 0.25) is 0 Å². The topological polar surface area (TPSA) is 56.5 Å². The summed E-state index contributed by atoms with van der Waals surface area (Å²) in [6.07, 6.45) is 1.64. The summed E-state index contributed by atoms with van der Waals surface area (Å²) in [7, 11) is 0. The Labute approximate surface area is 162 Å². The van der Waals surface area contributed by atoms with Gasteiger partial charge in [0.2, 0.25) is 5.43 Å². The fourth-order valence-corrected chi connectivity index (χ4v) is 2.97. The minimum atomic E-state index is -0.446. The fraction of sp³-hybridized carbons (Fsp3) is 0.263. The molecule has 4 nitrogen and oxygen atoms in total. The second-order valence-corrected chi connectivity index (χ2v) is 5.44. The molecule has 3 rings (SSSR count). The first-order chi connectivity index (χ1) is 11.1. The van der Waals surface area contributed by atoms with Crippen LogP contribution in [0.15, 0.2) is 39.5 Å². The number of benzene rings is 2. The molecule has 2 aromatic carbocycles. The Kier molecular flexibility index (Phi) is 5.86. The molecule has 0 unspecified atom stereocenters. The summed E-state index contributed by atoms with van der Waals surface area (Å²) in [5, 5.41) is 0.981. The van der Waals surface area contributed by atoms with Crippen LogP contribution in [-0.2, 0) is 17.6 Å². The van der Waals surface area contributed by atoms with Gasteiger partial charge < -0.3 is 9.15 Å². The molecule has 0 saturated carbocycles. The van der Waals surface area contributed by atoms with Crippen molar-refractivity contribution in [2.45, 2.75) is 33.6 Å². The molecule has 5 heteroatoms. The van der Waals surface area contributed by atoms with Crippen molar-refractivity contribution >= 4 is 57.5 Å². The number of fused-ring (bicyclic) bond motifs is 2. The number of hydrogen-bond acceptors (Lipinski definition) is 4. The Morgan fingerprint density at radius 1 is 1.04 bits per heavy atom. The average molecular weight is 334 g/mol. The van der Waals surface area contributed by atoms with E-state index in [0.29, 0.717) is 21.9 Å². The molecule has 0 N–H and O–H groups in total. The van der Waals surface area contributed by atoms with Crippen LogP contribution in [0.25, 0.3) is 21.9 Å². The Morgan fingerprint density at radius 3 is 2.38 bits per heavy atom. The molecule has 120 valence electrons. The summed E-state index contributed by atoms with van der Waals surface area (Å²) in [6.45, 7) is 5.44. The summed E-state index contributed by atoms with van der Waals surface area (Å²) in [5.41, 5.74) is 2.99. The van der Waals surface area contributed by atoms with Crippen LogP contribution in [0.5, 0.6) is 5.75 Å². The monoisotopic (exact) mass is 334 g/mol. The summed E-state index contributed by atoms with van der Waals surface area (Å²) < 4.78 is 11.2. The van der Waals surface area contributed by atoms with Gasteiger partial charge in [0, 0.05) is 6.92 Å². The van der Waals surface area contributed by atoms with Crippen molar-refractivity contribution in [3.8, 4) is 5.75 Å². The van der Waals surface area contributed by atoms with E-state index in [9.17, 15) is 9.59 Å². The van der Waals surface area contributed by atoms with E-state index in [1.807, 2.05) is 19.1 Å². The van der Waals surface area contributed by atoms with Crippen LogP contribution in [0.3, 0.4) is 0 Å². The molecule has 24 heavy (non-hydrogen) atoms. The molecule has 0 spiro atoms. The van der Waals surface area contributed by atoms with Crippen LogP contribution in [0.1, 0.15) is 31.9 Å². The zero-order valence-electron chi connectivity index (χ0n) is 13.4. The summed E-state index contributed by atoms with van der Waals surface area (Å²) in [4.78, 5) is 24.1. The minimum absolute atomic E-state index is 0. The van der Waals surface area contributed by atoms with Gasteiger partial charge in [-0.1, -0.05) is 26.0 Å². The third kappa shape index (κ3) is 3.14. The van der Waals surface area contributed by atoms with Crippen molar-refractivity contribution in [1.82, 2.24) is 0 Å². The SMILES string of the molecule is CCc1ccc2c(=O)c3cccc(OC(C)=O)c3oc2c1CC.[NaH]. The first-order valence-electron chi connectivity index (χ1n) is 7.75. The second-order valence-electron chi connectivity index (χ2n) is 5.44. The van der Waals surface area contributed by atoms with Crippen LogP contribution < -0.4 is 10.2 Å². The number of esters is 1. The first kappa shape index (κ1) is 18.7. The number of para-hydroxylation sites is 1. The molecule has 1 aromatic heterocycles. The van der Waals surface area contributed by atoms with Crippen LogP contribution in [0.4, 0.5) is 0 Å². The summed E-state index contributed by atoms with van der Waals surface area (Å²) in [6, 6.07) is 8.81. The van der Waals surface area contributed by atoms with Gasteiger partial charge in [-0.05, 0) is 42.2 Å². The molecule has 1 heterocycles. The van der Waals surface area contributed by atoms with E-state index in [4.69, 9.17) is 9.15 Å². The number of hydrogen-bond donors (Lipinski definition) is 0. The van der Waals surface area contributed by atoms with E-state index in [2.05, 4.69) is 6.92 Å². The third-order valence-corrected chi connectivity index (χ3v) is 4.02. The number of rotatable bonds is 3. The normalized spacial score (nSPS) is 10.6. The number of carbonyl (C=O) groups is 1. The molecule has 0 radical (unpaired) electrons. The van der Waals surface area contributed by atoms with Gasteiger partial charge >= 0.3 is 35.5 Å². The molecular formula is C19H19NaO4. The summed E-state index contributed by atoms with van der Waals surface area (Å²) >= 11 is 0. The van der Waals surface area contributed by atoms with E-state index in [1.165, 1.54) is 6.92 Å². The van der Waals surface area contributed by atoms with Gasteiger partial charge in [0.05, 0.1) is 10.8 Å². The zero-order chi connectivity index (χ0) is 16.6. The van der Waals surface area contributed by atoms with Gasteiger partial charge in [-0.15, -0.1) is 0 Å². The molecule has 3 aromatic rings. The molecule has 0 saturated heterocycles. The van der Waals surface area contributed by atoms with E-state index in [0.717, 1.165) is 24.0 Å². The maximum atomic E-state index is 12.8. The van der Waals surface area contributed by atoms with Crippen LogP contribution >= 0.6 is 0 Å². The van der Waals surface area contributed by atoms with Crippen LogP contribution in [0, 0.1) is 0 Å². The van der Waals surface area contributed by atoms with Crippen molar-refractivity contribution in [3.05, 3.63) is 51.7 Å². The van der Waals surface area contributed by atoms with Crippen molar-refractivity contribution < 1.29 is 13.9 Å². The van der Waals surface area contributed by atoms with E-state index in [-0.39, 0.29) is 40.7 Å². The van der Waals surface area contributed by atoms with E-state index >= 15 is 0 Å².